The third-order valence-electron chi connectivity index (χ3n) is 11.5. The average Bonchev–Trinajstić information content (AvgIpc) is 3.02. The SMILES string of the molecule is CC(C)=CCCC(C)C1CCC2C3C=CC4C(C)(C)C(C)CCC4(C)C3CCC12C. The molecule has 9 atom stereocenters. The lowest BCUT2D eigenvalue weighted by Gasteiger charge is -2.63. The normalized spacial score (nSPS) is 47.7. The fourth-order valence-corrected chi connectivity index (χ4v) is 9.38. The highest BCUT2D eigenvalue weighted by molar-refractivity contribution is 5.20. The van der Waals surface area contributed by atoms with Crippen molar-refractivity contribution in [2.24, 2.45) is 57.7 Å². The van der Waals surface area contributed by atoms with Crippen LogP contribution in [-0.4, -0.2) is 0 Å². The van der Waals surface area contributed by atoms with Gasteiger partial charge in [-0.1, -0.05) is 65.3 Å². The third-order valence-corrected chi connectivity index (χ3v) is 11.5. The molecule has 0 saturated heterocycles. The predicted octanol–water partition coefficient (Wildman–Crippen LogP) is 9.08. The van der Waals surface area contributed by atoms with E-state index in [4.69, 9.17) is 0 Å². The minimum atomic E-state index is 0.451. The molecule has 3 saturated carbocycles. The van der Waals surface area contributed by atoms with Crippen LogP contribution in [0.4, 0.5) is 0 Å². The summed E-state index contributed by atoms with van der Waals surface area (Å²) < 4.78 is 0. The molecule has 0 radical (unpaired) electrons. The summed E-state index contributed by atoms with van der Waals surface area (Å²) in [5.41, 5.74) is 3.05. The van der Waals surface area contributed by atoms with Crippen LogP contribution >= 0.6 is 0 Å². The molecule has 0 heteroatoms. The van der Waals surface area contributed by atoms with Gasteiger partial charge in [0.2, 0.25) is 0 Å². The minimum absolute atomic E-state index is 0.451. The molecule has 170 valence electrons. The molecule has 0 aromatic carbocycles. The van der Waals surface area contributed by atoms with Crippen molar-refractivity contribution in [1.29, 1.82) is 0 Å². The fraction of sp³-hybridized carbons (Fsp3) is 0.867. The zero-order chi connectivity index (χ0) is 21.9. The topological polar surface area (TPSA) is 0 Å². The molecule has 4 aliphatic rings. The predicted molar refractivity (Wildman–Crippen MR) is 131 cm³/mol. The van der Waals surface area contributed by atoms with Crippen LogP contribution in [0.25, 0.3) is 0 Å². The van der Waals surface area contributed by atoms with Crippen molar-refractivity contribution in [3.8, 4) is 0 Å². The Bertz CT molecular complexity index is 691. The van der Waals surface area contributed by atoms with E-state index in [0.29, 0.717) is 16.2 Å². The molecule has 0 aromatic heterocycles. The van der Waals surface area contributed by atoms with Gasteiger partial charge in [-0.2, -0.15) is 0 Å². The lowest BCUT2D eigenvalue weighted by Crippen LogP contribution is -2.56. The monoisotopic (exact) mass is 410 g/mol. The molecule has 0 bridgehead atoms. The van der Waals surface area contributed by atoms with E-state index in [1.54, 1.807) is 0 Å². The second-order valence-corrected chi connectivity index (χ2v) is 13.5. The summed E-state index contributed by atoms with van der Waals surface area (Å²) in [7, 11) is 0. The Kier molecular flexibility index (Phi) is 5.90. The van der Waals surface area contributed by atoms with E-state index >= 15 is 0 Å². The van der Waals surface area contributed by atoms with Gasteiger partial charge in [0.1, 0.15) is 0 Å². The van der Waals surface area contributed by atoms with Crippen LogP contribution in [0.3, 0.4) is 0 Å². The quantitative estimate of drug-likeness (QED) is 0.405. The molecular weight excluding hydrogens is 360 g/mol. The van der Waals surface area contributed by atoms with Crippen LogP contribution < -0.4 is 0 Å². The third kappa shape index (κ3) is 3.38. The van der Waals surface area contributed by atoms with Gasteiger partial charge in [-0.05, 0) is 123 Å². The van der Waals surface area contributed by atoms with Gasteiger partial charge < -0.3 is 0 Å². The van der Waals surface area contributed by atoms with Gasteiger partial charge in [-0.25, -0.2) is 0 Å². The summed E-state index contributed by atoms with van der Waals surface area (Å²) in [5, 5.41) is 0. The van der Waals surface area contributed by atoms with Gasteiger partial charge in [0.05, 0.1) is 0 Å². The molecule has 0 nitrogen and oxygen atoms in total. The molecule has 4 aliphatic carbocycles. The highest BCUT2D eigenvalue weighted by atomic mass is 14.7. The van der Waals surface area contributed by atoms with E-state index < -0.39 is 0 Å². The molecule has 30 heavy (non-hydrogen) atoms. The van der Waals surface area contributed by atoms with Crippen LogP contribution in [0.1, 0.15) is 107 Å². The van der Waals surface area contributed by atoms with Crippen LogP contribution in [0, 0.1) is 57.7 Å². The second-order valence-electron chi connectivity index (χ2n) is 13.5. The summed E-state index contributed by atoms with van der Waals surface area (Å²) in [4.78, 5) is 0. The minimum Gasteiger partial charge on any atom is -0.0859 e. The highest BCUT2D eigenvalue weighted by Gasteiger charge is 2.61. The first-order valence-corrected chi connectivity index (χ1v) is 13.3. The maximum atomic E-state index is 2.76. The fourth-order valence-electron chi connectivity index (χ4n) is 9.38. The standard InChI is InChI=1S/C30H50/c1-20(2)10-9-11-21(3)24-13-14-25-23-12-15-27-28(5,6)22(4)16-18-30(27,8)26(23)17-19-29(24,25)7/h10,12,15,21-27H,9,11,13-14,16-19H2,1-8H3. The Morgan fingerprint density at radius 3 is 2.30 bits per heavy atom. The Morgan fingerprint density at radius 1 is 0.933 bits per heavy atom. The van der Waals surface area contributed by atoms with Crippen molar-refractivity contribution in [2.75, 3.05) is 0 Å². The zero-order valence-electron chi connectivity index (χ0n) is 21.4. The van der Waals surface area contributed by atoms with Crippen LogP contribution in [0.15, 0.2) is 23.8 Å². The zero-order valence-corrected chi connectivity index (χ0v) is 21.4. The first kappa shape index (κ1) is 22.7. The highest BCUT2D eigenvalue weighted by Crippen LogP contribution is 2.69. The molecule has 9 unspecified atom stereocenters. The van der Waals surface area contributed by atoms with Crippen molar-refractivity contribution in [1.82, 2.24) is 0 Å². The van der Waals surface area contributed by atoms with Crippen LogP contribution in [-0.2, 0) is 0 Å². The van der Waals surface area contributed by atoms with Crippen molar-refractivity contribution in [3.63, 3.8) is 0 Å². The first-order valence-electron chi connectivity index (χ1n) is 13.3. The lowest BCUT2D eigenvalue weighted by atomic mass is 9.42. The van der Waals surface area contributed by atoms with Crippen molar-refractivity contribution < 1.29 is 0 Å². The average molecular weight is 411 g/mol. The molecule has 0 aliphatic heterocycles. The summed E-state index contributed by atoms with van der Waals surface area (Å²) in [6, 6.07) is 0. The summed E-state index contributed by atoms with van der Waals surface area (Å²) in [5.74, 6) is 6.15. The van der Waals surface area contributed by atoms with E-state index in [1.807, 2.05) is 0 Å². The summed E-state index contributed by atoms with van der Waals surface area (Å²) >= 11 is 0. The van der Waals surface area contributed by atoms with Crippen LogP contribution in [0.5, 0.6) is 0 Å². The maximum Gasteiger partial charge on any atom is -0.0123 e. The van der Waals surface area contributed by atoms with Gasteiger partial charge in [-0.15, -0.1) is 0 Å². The number of allylic oxidation sites excluding steroid dienone is 4. The van der Waals surface area contributed by atoms with Gasteiger partial charge in [0.15, 0.2) is 0 Å². The maximum absolute atomic E-state index is 2.76. The largest absolute Gasteiger partial charge is 0.0859 e. The van der Waals surface area contributed by atoms with Crippen molar-refractivity contribution in [3.05, 3.63) is 23.8 Å². The molecule has 0 N–H and O–H groups in total. The van der Waals surface area contributed by atoms with Gasteiger partial charge in [0.25, 0.3) is 0 Å². The number of hydrogen-bond donors (Lipinski definition) is 0. The Morgan fingerprint density at radius 2 is 1.60 bits per heavy atom. The van der Waals surface area contributed by atoms with E-state index in [-0.39, 0.29) is 0 Å². The smallest absolute Gasteiger partial charge is 0.0123 e. The Hall–Kier alpha value is -0.520. The second kappa shape index (κ2) is 7.81. The number of fused-ring (bicyclic) bond motifs is 5. The Balaban J connectivity index is 1.56. The van der Waals surface area contributed by atoms with Gasteiger partial charge >= 0.3 is 0 Å². The molecule has 4 rings (SSSR count). The van der Waals surface area contributed by atoms with E-state index in [1.165, 1.54) is 56.9 Å². The molecule has 0 heterocycles. The lowest BCUT2D eigenvalue weighted by molar-refractivity contribution is -0.110. The molecule has 3 fully saturated rings. The van der Waals surface area contributed by atoms with Crippen molar-refractivity contribution >= 4 is 0 Å². The molecule has 0 spiro atoms. The van der Waals surface area contributed by atoms with Crippen molar-refractivity contribution in [2.45, 2.75) is 107 Å². The van der Waals surface area contributed by atoms with Crippen LogP contribution in [0.2, 0.25) is 0 Å². The molecule has 0 amide bonds. The van der Waals surface area contributed by atoms with Gasteiger partial charge in [0, 0.05) is 0 Å². The number of hydrogen-bond acceptors (Lipinski definition) is 0. The number of rotatable bonds is 4. The summed E-state index contributed by atoms with van der Waals surface area (Å²) in [6.45, 7) is 20.1. The molecular formula is C30H50. The van der Waals surface area contributed by atoms with E-state index in [9.17, 15) is 0 Å². The van der Waals surface area contributed by atoms with E-state index in [2.05, 4.69) is 73.6 Å². The summed E-state index contributed by atoms with van der Waals surface area (Å²) in [6.07, 6.45) is 19.4. The molecule has 0 aromatic rings. The van der Waals surface area contributed by atoms with Gasteiger partial charge in [-0.3, -0.25) is 0 Å². The first-order chi connectivity index (χ1) is 14.0. The van der Waals surface area contributed by atoms with E-state index in [0.717, 1.165) is 41.4 Å². The Labute approximate surface area is 188 Å².